The molecule has 0 aliphatic rings. The van der Waals surface area contributed by atoms with Gasteiger partial charge in [-0.05, 0) is 51.4 Å². The van der Waals surface area contributed by atoms with Crippen molar-refractivity contribution >= 4 is 11.9 Å². The number of carbonyl (C=O) groups excluding carboxylic acids is 2. The maximum Gasteiger partial charge on any atom is 0.306 e. The molecule has 3 atom stereocenters. The second kappa shape index (κ2) is 48.6. The van der Waals surface area contributed by atoms with Gasteiger partial charge in [-0.25, -0.2) is 0 Å². The third kappa shape index (κ3) is 43.3. The summed E-state index contributed by atoms with van der Waals surface area (Å²) in [4.78, 5) is 26.1. The van der Waals surface area contributed by atoms with E-state index in [0.29, 0.717) is 19.3 Å². The number of unbranched alkanes of at least 4 members (excludes halogenated alkanes) is 35. The van der Waals surface area contributed by atoms with E-state index in [9.17, 15) is 19.8 Å². The van der Waals surface area contributed by atoms with Crippen LogP contribution in [0.5, 0.6) is 0 Å². The minimum absolute atomic E-state index is 0.0788. The molecule has 0 rings (SSSR count). The van der Waals surface area contributed by atoms with Crippen molar-refractivity contribution in [1.82, 2.24) is 5.32 Å². The summed E-state index contributed by atoms with van der Waals surface area (Å²) in [6.07, 6.45) is 54.1. The fraction of sp³-hybridized carbons (Fsp3) is 0.926. The van der Waals surface area contributed by atoms with Gasteiger partial charge < -0.3 is 20.3 Å². The van der Waals surface area contributed by atoms with Crippen LogP contribution >= 0.6 is 0 Å². The molecule has 3 unspecified atom stereocenters. The Hall–Kier alpha value is -1.40. The Morgan fingerprint density at radius 2 is 0.800 bits per heavy atom. The lowest BCUT2D eigenvalue weighted by Gasteiger charge is -2.24. The zero-order chi connectivity index (χ0) is 43.8. The summed E-state index contributed by atoms with van der Waals surface area (Å²) in [6, 6.07) is -0.698. The standard InChI is InChI=1S/C54H105NO5/c1-4-7-10-13-16-19-22-24-25-26-27-29-32-34-37-40-43-46-52(57)51(49-56)55-53(58)48-50(45-42-39-36-33-31-28-23-20-17-14-11-8-5-2)60-54(59)47-44-41-38-35-30-21-18-15-12-9-6-3/h20,23,50-52,56-57H,4-19,21-22,24-49H2,1-3H3,(H,55,58)/b23-20-. The quantitative estimate of drug-likeness (QED) is 0.0322. The predicted octanol–water partition coefficient (Wildman–Crippen LogP) is 16.1. The van der Waals surface area contributed by atoms with Crippen molar-refractivity contribution in [3.8, 4) is 0 Å². The van der Waals surface area contributed by atoms with Gasteiger partial charge in [0.05, 0.1) is 25.2 Å². The van der Waals surface area contributed by atoms with Crippen LogP contribution in [0.1, 0.15) is 297 Å². The van der Waals surface area contributed by atoms with Crippen LogP contribution in [0.4, 0.5) is 0 Å². The number of allylic oxidation sites excluding steroid dienone is 2. The number of hydrogen-bond donors (Lipinski definition) is 3. The highest BCUT2D eigenvalue weighted by Crippen LogP contribution is 2.18. The van der Waals surface area contributed by atoms with Crippen LogP contribution in [0, 0.1) is 0 Å². The lowest BCUT2D eigenvalue weighted by Crippen LogP contribution is -2.46. The molecular formula is C54H105NO5. The van der Waals surface area contributed by atoms with Crippen molar-refractivity contribution in [3.63, 3.8) is 0 Å². The Balaban J connectivity index is 4.46. The third-order valence-corrected chi connectivity index (χ3v) is 12.6. The average Bonchev–Trinajstić information content (AvgIpc) is 3.24. The monoisotopic (exact) mass is 848 g/mol. The predicted molar refractivity (Wildman–Crippen MR) is 260 cm³/mol. The van der Waals surface area contributed by atoms with E-state index in [-0.39, 0.29) is 24.9 Å². The zero-order valence-electron chi connectivity index (χ0n) is 40.6. The number of amides is 1. The second-order valence-electron chi connectivity index (χ2n) is 18.6. The Morgan fingerprint density at radius 3 is 1.20 bits per heavy atom. The number of esters is 1. The highest BCUT2D eigenvalue weighted by atomic mass is 16.5. The fourth-order valence-electron chi connectivity index (χ4n) is 8.49. The molecule has 0 radical (unpaired) electrons. The Morgan fingerprint density at radius 1 is 0.467 bits per heavy atom. The van der Waals surface area contributed by atoms with Crippen molar-refractivity contribution in [2.45, 2.75) is 315 Å². The first-order chi connectivity index (χ1) is 29.5. The van der Waals surface area contributed by atoms with E-state index in [4.69, 9.17) is 4.74 Å². The number of rotatable bonds is 49. The lowest BCUT2D eigenvalue weighted by atomic mass is 10.0. The molecule has 0 saturated carbocycles. The van der Waals surface area contributed by atoms with Crippen molar-refractivity contribution in [2.75, 3.05) is 6.61 Å². The molecule has 3 N–H and O–H groups in total. The van der Waals surface area contributed by atoms with Crippen LogP contribution in [-0.4, -0.2) is 46.9 Å². The zero-order valence-corrected chi connectivity index (χ0v) is 40.6. The normalized spacial score (nSPS) is 13.2. The molecule has 0 aliphatic heterocycles. The van der Waals surface area contributed by atoms with Gasteiger partial charge in [0.1, 0.15) is 6.10 Å². The van der Waals surface area contributed by atoms with Gasteiger partial charge >= 0.3 is 5.97 Å². The molecule has 60 heavy (non-hydrogen) atoms. The van der Waals surface area contributed by atoms with E-state index in [0.717, 1.165) is 57.8 Å². The minimum atomic E-state index is -0.784. The smallest absolute Gasteiger partial charge is 0.306 e. The van der Waals surface area contributed by atoms with Crippen LogP contribution in [0.3, 0.4) is 0 Å². The molecule has 356 valence electrons. The lowest BCUT2D eigenvalue weighted by molar-refractivity contribution is -0.151. The van der Waals surface area contributed by atoms with E-state index in [2.05, 4.69) is 38.2 Å². The van der Waals surface area contributed by atoms with Gasteiger partial charge in [0.2, 0.25) is 5.91 Å². The molecule has 0 heterocycles. The molecule has 0 saturated heterocycles. The molecular weight excluding hydrogens is 743 g/mol. The largest absolute Gasteiger partial charge is 0.462 e. The van der Waals surface area contributed by atoms with Gasteiger partial charge in [0, 0.05) is 6.42 Å². The van der Waals surface area contributed by atoms with Gasteiger partial charge in [-0.1, -0.05) is 245 Å². The van der Waals surface area contributed by atoms with Crippen molar-refractivity contribution in [1.29, 1.82) is 0 Å². The highest BCUT2D eigenvalue weighted by molar-refractivity contribution is 5.77. The summed E-state index contributed by atoms with van der Waals surface area (Å²) in [7, 11) is 0. The minimum Gasteiger partial charge on any atom is -0.462 e. The Kier molecular flexibility index (Phi) is 47.5. The van der Waals surface area contributed by atoms with Gasteiger partial charge in [-0.3, -0.25) is 9.59 Å². The summed E-state index contributed by atoms with van der Waals surface area (Å²) in [6.45, 7) is 6.49. The van der Waals surface area contributed by atoms with E-state index < -0.39 is 18.2 Å². The molecule has 0 aromatic carbocycles. The summed E-state index contributed by atoms with van der Waals surface area (Å²) in [5, 5.41) is 23.8. The maximum atomic E-state index is 13.2. The van der Waals surface area contributed by atoms with Crippen LogP contribution in [0.15, 0.2) is 12.2 Å². The van der Waals surface area contributed by atoms with E-state index in [1.807, 2.05) is 0 Å². The first-order valence-corrected chi connectivity index (χ1v) is 26.9. The first kappa shape index (κ1) is 58.6. The van der Waals surface area contributed by atoms with Gasteiger partial charge in [-0.15, -0.1) is 0 Å². The Labute approximate surface area is 374 Å². The summed E-state index contributed by atoms with van der Waals surface area (Å²) in [5.41, 5.74) is 0. The van der Waals surface area contributed by atoms with E-state index in [1.54, 1.807) is 0 Å². The van der Waals surface area contributed by atoms with Crippen LogP contribution < -0.4 is 5.32 Å². The molecule has 0 aromatic rings. The third-order valence-electron chi connectivity index (χ3n) is 12.6. The SMILES string of the molecule is CCCCCC/C=C\CCCCCCCC(CC(=O)NC(CO)C(O)CCCCCCCCCCCCCCCCCCC)OC(=O)CCCCCCCCCCCCC. The molecule has 0 aromatic heterocycles. The van der Waals surface area contributed by atoms with Gasteiger partial charge in [-0.2, -0.15) is 0 Å². The maximum absolute atomic E-state index is 13.2. The summed E-state index contributed by atoms with van der Waals surface area (Å²) >= 11 is 0. The van der Waals surface area contributed by atoms with Crippen LogP contribution in [0.2, 0.25) is 0 Å². The topological polar surface area (TPSA) is 95.9 Å². The molecule has 0 fully saturated rings. The summed E-state index contributed by atoms with van der Waals surface area (Å²) in [5.74, 6) is -0.466. The first-order valence-electron chi connectivity index (χ1n) is 26.9. The number of carbonyl (C=O) groups is 2. The van der Waals surface area contributed by atoms with Gasteiger partial charge in [0.25, 0.3) is 0 Å². The summed E-state index contributed by atoms with van der Waals surface area (Å²) < 4.78 is 5.93. The fourth-order valence-corrected chi connectivity index (χ4v) is 8.49. The number of nitrogens with one attached hydrogen (secondary N) is 1. The highest BCUT2D eigenvalue weighted by Gasteiger charge is 2.24. The molecule has 6 heteroatoms. The molecule has 1 amide bonds. The number of ether oxygens (including phenoxy) is 1. The van der Waals surface area contributed by atoms with Crippen LogP contribution in [0.25, 0.3) is 0 Å². The molecule has 0 aliphatic carbocycles. The number of aliphatic hydroxyl groups is 2. The molecule has 0 spiro atoms. The second-order valence-corrected chi connectivity index (χ2v) is 18.6. The number of hydrogen-bond acceptors (Lipinski definition) is 5. The van der Waals surface area contributed by atoms with E-state index >= 15 is 0 Å². The Bertz CT molecular complexity index is 909. The average molecular weight is 848 g/mol. The number of aliphatic hydroxyl groups excluding tert-OH is 2. The van der Waals surface area contributed by atoms with E-state index in [1.165, 1.54) is 193 Å². The van der Waals surface area contributed by atoms with Crippen LogP contribution in [-0.2, 0) is 14.3 Å². The van der Waals surface area contributed by atoms with Crippen molar-refractivity contribution in [2.24, 2.45) is 0 Å². The van der Waals surface area contributed by atoms with Crippen molar-refractivity contribution < 1.29 is 24.5 Å². The van der Waals surface area contributed by atoms with Crippen molar-refractivity contribution in [3.05, 3.63) is 12.2 Å². The molecule has 6 nitrogen and oxygen atoms in total. The van der Waals surface area contributed by atoms with Gasteiger partial charge in [0.15, 0.2) is 0 Å². The molecule has 0 bridgehead atoms.